The molecule has 1 amide bonds. The maximum atomic E-state index is 13.3. The molecule has 16 heavy (non-hydrogen) atoms. The maximum Gasteiger partial charge on any atom is 0.238 e. The molecule has 1 rings (SSSR count). The van der Waals surface area contributed by atoms with Gasteiger partial charge in [0.1, 0.15) is 5.82 Å². The fraction of sp³-hybridized carbons (Fsp3) is 0.250. The Hall–Kier alpha value is -1.68. The number of hydrogen-bond acceptors (Lipinski definition) is 2. The number of hydrogen-bond donors (Lipinski definition) is 2. The Balaban J connectivity index is 2.52. The van der Waals surface area contributed by atoms with E-state index >= 15 is 0 Å². The number of aryl methyl sites for hydroxylation is 1. The fourth-order valence-electron chi connectivity index (χ4n) is 1.20. The lowest BCUT2D eigenvalue weighted by Crippen LogP contribution is -2.28. The lowest BCUT2D eigenvalue weighted by Gasteiger charge is -2.07. The summed E-state index contributed by atoms with van der Waals surface area (Å²) in [4.78, 5) is 11.3. The van der Waals surface area contributed by atoms with E-state index in [0.717, 1.165) is 5.56 Å². The van der Waals surface area contributed by atoms with E-state index in [0.29, 0.717) is 6.54 Å². The van der Waals surface area contributed by atoms with Gasteiger partial charge in [0.25, 0.3) is 0 Å². The van der Waals surface area contributed by atoms with Gasteiger partial charge in [-0.05, 0) is 24.6 Å². The molecule has 0 saturated carbocycles. The van der Waals surface area contributed by atoms with E-state index in [1.54, 1.807) is 25.1 Å². The van der Waals surface area contributed by atoms with Gasteiger partial charge in [-0.3, -0.25) is 4.79 Å². The summed E-state index contributed by atoms with van der Waals surface area (Å²) >= 11 is 0. The molecule has 86 valence electrons. The van der Waals surface area contributed by atoms with Crippen LogP contribution >= 0.6 is 0 Å². The predicted octanol–water partition coefficient (Wildman–Crippen LogP) is 1.85. The lowest BCUT2D eigenvalue weighted by atomic mass is 10.2. The van der Waals surface area contributed by atoms with Crippen molar-refractivity contribution in [3.63, 3.8) is 0 Å². The predicted molar refractivity (Wildman–Crippen MR) is 62.8 cm³/mol. The third-order valence-corrected chi connectivity index (χ3v) is 1.97. The van der Waals surface area contributed by atoms with E-state index in [1.165, 1.54) is 6.07 Å². The van der Waals surface area contributed by atoms with Crippen LogP contribution in [0.3, 0.4) is 0 Å². The van der Waals surface area contributed by atoms with Crippen LogP contribution in [-0.4, -0.2) is 19.0 Å². The number of carbonyl (C=O) groups is 1. The SMILES string of the molecule is C=CCNCC(=O)Nc1ccc(C)cc1F. The monoisotopic (exact) mass is 222 g/mol. The molecule has 0 heterocycles. The van der Waals surface area contributed by atoms with Crippen LogP contribution in [0.2, 0.25) is 0 Å². The molecule has 0 saturated heterocycles. The van der Waals surface area contributed by atoms with Gasteiger partial charge in [-0.2, -0.15) is 0 Å². The number of benzene rings is 1. The van der Waals surface area contributed by atoms with E-state index in [1.807, 2.05) is 0 Å². The molecule has 0 aliphatic carbocycles. The third kappa shape index (κ3) is 3.82. The first-order valence-corrected chi connectivity index (χ1v) is 5.01. The van der Waals surface area contributed by atoms with Crippen LogP contribution in [0.5, 0.6) is 0 Å². The maximum absolute atomic E-state index is 13.3. The van der Waals surface area contributed by atoms with Crippen molar-refractivity contribution < 1.29 is 9.18 Å². The number of anilines is 1. The largest absolute Gasteiger partial charge is 0.322 e. The zero-order chi connectivity index (χ0) is 12.0. The van der Waals surface area contributed by atoms with Crippen molar-refractivity contribution in [3.8, 4) is 0 Å². The van der Waals surface area contributed by atoms with Gasteiger partial charge in [0.2, 0.25) is 5.91 Å². The van der Waals surface area contributed by atoms with Crippen LogP contribution in [0.15, 0.2) is 30.9 Å². The average molecular weight is 222 g/mol. The van der Waals surface area contributed by atoms with Crippen LogP contribution < -0.4 is 10.6 Å². The summed E-state index contributed by atoms with van der Waals surface area (Å²) in [6.45, 7) is 5.99. The summed E-state index contributed by atoms with van der Waals surface area (Å²) in [6.07, 6.45) is 1.65. The molecule has 0 aromatic heterocycles. The zero-order valence-corrected chi connectivity index (χ0v) is 9.22. The Labute approximate surface area is 94.4 Å². The van der Waals surface area contributed by atoms with Crippen molar-refractivity contribution in [1.82, 2.24) is 5.32 Å². The normalized spacial score (nSPS) is 9.88. The number of halogens is 1. The first-order chi connectivity index (χ1) is 7.63. The standard InChI is InChI=1S/C12H15FN2O/c1-3-6-14-8-12(16)15-11-5-4-9(2)7-10(11)13/h3-5,7,14H,1,6,8H2,2H3,(H,15,16). The van der Waals surface area contributed by atoms with Gasteiger partial charge in [0, 0.05) is 6.54 Å². The summed E-state index contributed by atoms with van der Waals surface area (Å²) in [7, 11) is 0. The highest BCUT2D eigenvalue weighted by atomic mass is 19.1. The highest BCUT2D eigenvalue weighted by molar-refractivity contribution is 5.92. The second-order valence-electron chi connectivity index (χ2n) is 3.45. The minimum absolute atomic E-state index is 0.138. The smallest absolute Gasteiger partial charge is 0.238 e. The fourth-order valence-corrected chi connectivity index (χ4v) is 1.20. The van der Waals surface area contributed by atoms with Gasteiger partial charge in [-0.25, -0.2) is 4.39 Å². The minimum atomic E-state index is -0.419. The molecule has 0 spiro atoms. The summed E-state index contributed by atoms with van der Waals surface area (Å²) in [5.74, 6) is -0.693. The first kappa shape index (κ1) is 12.4. The van der Waals surface area contributed by atoms with Gasteiger partial charge in [-0.1, -0.05) is 12.1 Å². The van der Waals surface area contributed by atoms with Gasteiger partial charge in [0.15, 0.2) is 0 Å². The van der Waals surface area contributed by atoms with Crippen LogP contribution in [0.1, 0.15) is 5.56 Å². The Morgan fingerprint density at radius 1 is 1.56 bits per heavy atom. The minimum Gasteiger partial charge on any atom is -0.322 e. The summed E-state index contributed by atoms with van der Waals surface area (Å²) < 4.78 is 13.3. The van der Waals surface area contributed by atoms with Crippen molar-refractivity contribution in [2.75, 3.05) is 18.4 Å². The van der Waals surface area contributed by atoms with E-state index in [2.05, 4.69) is 17.2 Å². The Morgan fingerprint density at radius 2 is 2.31 bits per heavy atom. The summed E-state index contributed by atoms with van der Waals surface area (Å²) in [6, 6.07) is 4.68. The van der Waals surface area contributed by atoms with E-state index < -0.39 is 5.82 Å². The summed E-state index contributed by atoms with van der Waals surface area (Å²) in [5, 5.41) is 5.32. The molecule has 0 unspecified atom stereocenters. The van der Waals surface area contributed by atoms with Gasteiger partial charge >= 0.3 is 0 Å². The second kappa shape index (κ2) is 6.02. The molecule has 1 aromatic carbocycles. The molecular formula is C12H15FN2O. The highest BCUT2D eigenvalue weighted by Crippen LogP contribution is 2.14. The molecule has 0 aliphatic rings. The van der Waals surface area contributed by atoms with Crippen molar-refractivity contribution in [3.05, 3.63) is 42.2 Å². The molecule has 1 aromatic rings. The van der Waals surface area contributed by atoms with Crippen LogP contribution in [-0.2, 0) is 4.79 Å². The molecule has 0 radical (unpaired) electrons. The van der Waals surface area contributed by atoms with Crippen molar-refractivity contribution in [2.24, 2.45) is 0 Å². The Bertz CT molecular complexity index is 391. The molecule has 4 heteroatoms. The van der Waals surface area contributed by atoms with Gasteiger partial charge < -0.3 is 10.6 Å². The van der Waals surface area contributed by atoms with Crippen molar-refractivity contribution in [2.45, 2.75) is 6.92 Å². The molecular weight excluding hydrogens is 207 g/mol. The number of nitrogens with one attached hydrogen (secondary N) is 2. The molecule has 3 nitrogen and oxygen atoms in total. The number of carbonyl (C=O) groups excluding carboxylic acids is 1. The van der Waals surface area contributed by atoms with Crippen molar-refractivity contribution in [1.29, 1.82) is 0 Å². The second-order valence-corrected chi connectivity index (χ2v) is 3.45. The lowest BCUT2D eigenvalue weighted by molar-refractivity contribution is -0.115. The quantitative estimate of drug-likeness (QED) is 0.589. The van der Waals surface area contributed by atoms with Crippen LogP contribution in [0.4, 0.5) is 10.1 Å². The topological polar surface area (TPSA) is 41.1 Å². The van der Waals surface area contributed by atoms with Crippen LogP contribution in [0.25, 0.3) is 0 Å². The molecule has 0 bridgehead atoms. The Morgan fingerprint density at radius 3 is 2.94 bits per heavy atom. The number of amides is 1. The van der Waals surface area contributed by atoms with E-state index in [4.69, 9.17) is 0 Å². The molecule has 0 aliphatic heterocycles. The average Bonchev–Trinajstić information content (AvgIpc) is 2.23. The molecule has 0 fully saturated rings. The van der Waals surface area contributed by atoms with Gasteiger partial charge in [-0.15, -0.1) is 6.58 Å². The third-order valence-electron chi connectivity index (χ3n) is 1.97. The van der Waals surface area contributed by atoms with E-state index in [-0.39, 0.29) is 18.1 Å². The number of rotatable bonds is 5. The van der Waals surface area contributed by atoms with Crippen molar-refractivity contribution >= 4 is 11.6 Å². The molecule has 2 N–H and O–H groups in total. The Kier molecular flexibility index (Phi) is 4.66. The highest BCUT2D eigenvalue weighted by Gasteiger charge is 2.05. The summed E-state index contributed by atoms with van der Waals surface area (Å²) in [5.41, 5.74) is 1.02. The zero-order valence-electron chi connectivity index (χ0n) is 9.22. The van der Waals surface area contributed by atoms with Gasteiger partial charge in [0.05, 0.1) is 12.2 Å². The molecule has 0 atom stereocenters. The first-order valence-electron chi connectivity index (χ1n) is 5.01. The van der Waals surface area contributed by atoms with Crippen LogP contribution in [0, 0.1) is 12.7 Å². The van der Waals surface area contributed by atoms with E-state index in [9.17, 15) is 9.18 Å².